The fraction of sp³-hybridized carbons (Fsp3) is 0.333. The van der Waals surface area contributed by atoms with Crippen molar-refractivity contribution in [2.24, 2.45) is 0 Å². The summed E-state index contributed by atoms with van der Waals surface area (Å²) in [6.45, 7) is 4.33. The number of benzene rings is 1. The molecule has 0 saturated heterocycles. The van der Waals surface area contributed by atoms with E-state index in [1.54, 1.807) is 23.0 Å². The smallest absolute Gasteiger partial charge is 0.246 e. The average Bonchev–Trinajstić information content (AvgIpc) is 3.19. The van der Waals surface area contributed by atoms with Crippen molar-refractivity contribution in [3.8, 4) is 0 Å². The summed E-state index contributed by atoms with van der Waals surface area (Å²) in [5, 5.41) is 20.7. The molecule has 1 aliphatic rings. The van der Waals surface area contributed by atoms with Crippen LogP contribution >= 0.6 is 0 Å². The molecule has 0 fully saturated rings. The molecule has 0 unspecified atom stereocenters. The quantitative estimate of drug-likeness (QED) is 0.556. The summed E-state index contributed by atoms with van der Waals surface area (Å²) in [5.74, 6) is 0.689. The molecule has 9 nitrogen and oxygen atoms in total. The first kappa shape index (κ1) is 20.7. The molecule has 1 aliphatic heterocycles. The molecule has 3 heterocycles. The lowest BCUT2D eigenvalue weighted by Crippen LogP contribution is -2.44. The van der Waals surface area contributed by atoms with Crippen LogP contribution in [0.25, 0.3) is 0 Å². The van der Waals surface area contributed by atoms with Crippen molar-refractivity contribution in [3.63, 3.8) is 0 Å². The van der Waals surface area contributed by atoms with Crippen molar-refractivity contribution >= 4 is 23.4 Å². The van der Waals surface area contributed by atoms with Gasteiger partial charge in [0.1, 0.15) is 17.5 Å². The Morgan fingerprint density at radius 2 is 2.03 bits per heavy atom. The van der Waals surface area contributed by atoms with Crippen molar-refractivity contribution in [1.82, 2.24) is 19.7 Å². The summed E-state index contributed by atoms with van der Waals surface area (Å²) in [5.41, 5.74) is 2.82. The lowest BCUT2D eigenvalue weighted by Gasteiger charge is -2.32. The van der Waals surface area contributed by atoms with Gasteiger partial charge in [-0.05, 0) is 31.5 Å². The van der Waals surface area contributed by atoms with Gasteiger partial charge in [0.2, 0.25) is 11.9 Å². The van der Waals surface area contributed by atoms with Crippen molar-refractivity contribution in [2.75, 3.05) is 22.6 Å². The number of carbonyl (C=O) groups excluding carboxylic acids is 1. The maximum Gasteiger partial charge on any atom is 0.246 e. The zero-order valence-corrected chi connectivity index (χ0v) is 17.5. The molecule has 1 amide bonds. The molecule has 3 aromatic rings. The molecule has 0 bridgehead atoms. The summed E-state index contributed by atoms with van der Waals surface area (Å²) in [4.78, 5) is 22.8. The molecule has 162 valence electrons. The number of halogens is 1. The van der Waals surface area contributed by atoms with Gasteiger partial charge in [-0.15, -0.1) is 0 Å². The fourth-order valence-corrected chi connectivity index (χ4v) is 3.37. The molecule has 2 atom stereocenters. The topological polar surface area (TPSA) is 108 Å². The van der Waals surface area contributed by atoms with Crippen LogP contribution in [0.15, 0.2) is 36.7 Å². The van der Waals surface area contributed by atoms with Crippen molar-refractivity contribution in [3.05, 3.63) is 59.3 Å². The summed E-state index contributed by atoms with van der Waals surface area (Å²) < 4.78 is 14.7. The van der Waals surface area contributed by atoms with E-state index in [1.807, 2.05) is 32.0 Å². The van der Waals surface area contributed by atoms with Gasteiger partial charge in [0.05, 0.1) is 24.5 Å². The Bertz CT molecular complexity index is 1100. The number of aryl methyl sites for hydroxylation is 1. The first-order chi connectivity index (χ1) is 14.8. The number of aliphatic hydroxyl groups is 1. The number of nitrogens with one attached hydrogen (secondary N) is 2. The Labute approximate surface area is 178 Å². The Hall–Kier alpha value is -3.53. The standard InChI is InChI=1S/C21H24FN7O2/c1-12-18-19(28(3)13(2)20(31)26-18)27-21(25-12)23-8-14-9-24-29(10-14)11-17(30)15-4-6-16(22)7-5-15/h4-7,9-10,13,17,30H,8,11H2,1-3H3,(H,26,31)(H,23,25,27)/t13-,17+/m0/s1. The van der Waals surface area contributed by atoms with Crippen molar-refractivity contribution < 1.29 is 14.3 Å². The van der Waals surface area contributed by atoms with E-state index in [4.69, 9.17) is 0 Å². The summed E-state index contributed by atoms with van der Waals surface area (Å²) in [7, 11) is 1.83. The fourth-order valence-electron chi connectivity index (χ4n) is 3.37. The summed E-state index contributed by atoms with van der Waals surface area (Å²) in [6.07, 6.45) is 2.73. The van der Waals surface area contributed by atoms with E-state index in [1.165, 1.54) is 12.1 Å². The second-order valence-electron chi connectivity index (χ2n) is 7.60. The number of fused-ring (bicyclic) bond motifs is 1. The average molecular weight is 425 g/mol. The van der Waals surface area contributed by atoms with Crippen LogP contribution < -0.4 is 15.5 Å². The molecule has 4 rings (SSSR count). The van der Waals surface area contributed by atoms with Gasteiger partial charge >= 0.3 is 0 Å². The number of anilines is 3. The number of likely N-dealkylation sites (N-methyl/N-ethyl adjacent to an activating group) is 1. The van der Waals surface area contributed by atoms with E-state index in [-0.39, 0.29) is 24.3 Å². The van der Waals surface area contributed by atoms with Gasteiger partial charge < -0.3 is 20.6 Å². The van der Waals surface area contributed by atoms with E-state index in [2.05, 4.69) is 25.7 Å². The molecular weight excluding hydrogens is 401 g/mol. The maximum absolute atomic E-state index is 13.0. The highest BCUT2D eigenvalue weighted by atomic mass is 19.1. The molecule has 0 aliphatic carbocycles. The molecule has 0 radical (unpaired) electrons. The Kier molecular flexibility index (Phi) is 5.55. The van der Waals surface area contributed by atoms with Gasteiger partial charge in [0, 0.05) is 25.4 Å². The molecule has 31 heavy (non-hydrogen) atoms. The zero-order chi connectivity index (χ0) is 22.1. The number of aliphatic hydroxyl groups excluding tert-OH is 1. The Balaban J connectivity index is 1.41. The number of hydrogen-bond donors (Lipinski definition) is 3. The van der Waals surface area contributed by atoms with E-state index >= 15 is 0 Å². The normalized spacial score (nSPS) is 16.6. The first-order valence-corrected chi connectivity index (χ1v) is 9.93. The number of aromatic nitrogens is 4. The number of carbonyl (C=O) groups is 1. The molecule has 0 spiro atoms. The van der Waals surface area contributed by atoms with Crippen LogP contribution in [0.5, 0.6) is 0 Å². The second-order valence-corrected chi connectivity index (χ2v) is 7.60. The third kappa shape index (κ3) is 4.33. The van der Waals surface area contributed by atoms with Crippen LogP contribution in [0.2, 0.25) is 0 Å². The van der Waals surface area contributed by atoms with E-state index in [9.17, 15) is 14.3 Å². The van der Waals surface area contributed by atoms with E-state index in [0.29, 0.717) is 35.3 Å². The lowest BCUT2D eigenvalue weighted by atomic mass is 10.1. The van der Waals surface area contributed by atoms with Crippen LogP contribution in [0.1, 0.15) is 29.8 Å². The second kappa shape index (κ2) is 8.31. The van der Waals surface area contributed by atoms with Gasteiger partial charge in [0.15, 0.2) is 5.82 Å². The third-order valence-corrected chi connectivity index (χ3v) is 5.37. The monoisotopic (exact) mass is 425 g/mol. The van der Waals surface area contributed by atoms with Gasteiger partial charge in [-0.3, -0.25) is 9.48 Å². The number of rotatable bonds is 6. The Morgan fingerprint density at radius 3 is 2.77 bits per heavy atom. The minimum absolute atomic E-state index is 0.0855. The van der Waals surface area contributed by atoms with Crippen LogP contribution in [-0.4, -0.2) is 43.9 Å². The molecule has 2 aromatic heterocycles. The van der Waals surface area contributed by atoms with E-state index < -0.39 is 6.10 Å². The maximum atomic E-state index is 13.0. The highest BCUT2D eigenvalue weighted by Crippen LogP contribution is 2.32. The van der Waals surface area contributed by atoms with Crippen molar-refractivity contribution in [2.45, 2.75) is 39.1 Å². The lowest BCUT2D eigenvalue weighted by molar-refractivity contribution is -0.117. The highest BCUT2D eigenvalue weighted by Gasteiger charge is 2.30. The first-order valence-electron chi connectivity index (χ1n) is 9.93. The largest absolute Gasteiger partial charge is 0.386 e. The van der Waals surface area contributed by atoms with Gasteiger partial charge in [0.25, 0.3) is 0 Å². The third-order valence-electron chi connectivity index (χ3n) is 5.37. The summed E-state index contributed by atoms with van der Waals surface area (Å²) in [6, 6.07) is 5.44. The molecule has 0 saturated carbocycles. The van der Waals surface area contributed by atoms with Crippen molar-refractivity contribution in [1.29, 1.82) is 0 Å². The van der Waals surface area contributed by atoms with E-state index in [0.717, 1.165) is 5.56 Å². The molecule has 3 N–H and O–H groups in total. The predicted octanol–water partition coefficient (Wildman–Crippen LogP) is 2.24. The van der Waals surface area contributed by atoms with Gasteiger partial charge in [-0.2, -0.15) is 10.1 Å². The minimum atomic E-state index is -0.791. The molecule has 1 aromatic carbocycles. The Morgan fingerprint density at radius 1 is 1.29 bits per heavy atom. The van der Waals surface area contributed by atoms with Crippen LogP contribution in [-0.2, 0) is 17.9 Å². The van der Waals surface area contributed by atoms with Crippen LogP contribution in [0, 0.1) is 12.7 Å². The van der Waals surface area contributed by atoms with Crippen LogP contribution in [0.4, 0.5) is 21.8 Å². The molecule has 10 heteroatoms. The van der Waals surface area contributed by atoms with Gasteiger partial charge in [-0.1, -0.05) is 12.1 Å². The predicted molar refractivity (Wildman–Crippen MR) is 114 cm³/mol. The summed E-state index contributed by atoms with van der Waals surface area (Å²) >= 11 is 0. The zero-order valence-electron chi connectivity index (χ0n) is 17.5. The van der Waals surface area contributed by atoms with Gasteiger partial charge in [-0.25, -0.2) is 9.37 Å². The number of amides is 1. The number of nitrogens with zero attached hydrogens (tertiary/aromatic N) is 5. The number of hydrogen-bond acceptors (Lipinski definition) is 7. The minimum Gasteiger partial charge on any atom is -0.386 e. The molecular formula is C21H24FN7O2. The van der Waals surface area contributed by atoms with Crippen LogP contribution in [0.3, 0.4) is 0 Å². The SMILES string of the molecule is Cc1nc(NCc2cnn(C[C@@H](O)c3ccc(F)cc3)c2)nc2c1NC(=O)[C@H](C)N2C. The highest BCUT2D eigenvalue weighted by molar-refractivity contribution is 6.03.